The van der Waals surface area contributed by atoms with E-state index in [9.17, 15) is 4.79 Å². The van der Waals surface area contributed by atoms with Crippen LogP contribution in [-0.4, -0.2) is 31.0 Å². The van der Waals surface area contributed by atoms with E-state index < -0.39 is 0 Å². The van der Waals surface area contributed by atoms with Crippen LogP contribution in [-0.2, 0) is 13.0 Å². The van der Waals surface area contributed by atoms with E-state index in [0.717, 1.165) is 10.4 Å². The van der Waals surface area contributed by atoms with Crippen LogP contribution in [0.3, 0.4) is 0 Å². The van der Waals surface area contributed by atoms with Gasteiger partial charge in [0.25, 0.3) is 5.91 Å². The van der Waals surface area contributed by atoms with E-state index in [1.54, 1.807) is 35.9 Å². The van der Waals surface area contributed by atoms with Crippen molar-refractivity contribution < 1.29 is 9.32 Å². The number of nitrogens with zero attached hydrogens (tertiary/aromatic N) is 5. The van der Waals surface area contributed by atoms with Gasteiger partial charge in [0, 0.05) is 35.2 Å². The molecular formula is C18H14N6O2S. The molecule has 8 nitrogen and oxygen atoms in total. The smallest absolute Gasteiger partial charge is 0.254 e. The van der Waals surface area contributed by atoms with Gasteiger partial charge in [-0.1, -0.05) is 11.2 Å². The number of carbonyl (C=O) groups excluding carboxylic acids is 1. The Bertz CT molecular complexity index is 1020. The molecule has 4 rings (SSSR count). The fraction of sp³-hybridized carbons (Fsp3) is 0.111. The van der Waals surface area contributed by atoms with E-state index in [2.05, 4.69) is 30.4 Å². The summed E-state index contributed by atoms with van der Waals surface area (Å²) in [7, 11) is 0. The summed E-state index contributed by atoms with van der Waals surface area (Å²) in [6, 6.07) is 7.59. The van der Waals surface area contributed by atoms with Crippen LogP contribution >= 0.6 is 11.3 Å². The van der Waals surface area contributed by atoms with Gasteiger partial charge in [0.15, 0.2) is 11.6 Å². The van der Waals surface area contributed by atoms with E-state index in [1.807, 2.05) is 17.5 Å². The molecule has 0 saturated carbocycles. The molecule has 0 bridgehead atoms. The number of rotatable bonds is 6. The largest absolute Gasteiger partial charge is 0.345 e. The number of nitrogens with one attached hydrogen (secondary N) is 1. The molecule has 0 aliphatic rings. The number of amides is 1. The summed E-state index contributed by atoms with van der Waals surface area (Å²) < 4.78 is 5.21. The summed E-state index contributed by atoms with van der Waals surface area (Å²) in [4.78, 5) is 30.1. The monoisotopic (exact) mass is 378 g/mol. The molecule has 0 saturated heterocycles. The molecule has 0 radical (unpaired) electrons. The van der Waals surface area contributed by atoms with Gasteiger partial charge in [-0.2, -0.15) is 4.98 Å². The summed E-state index contributed by atoms with van der Waals surface area (Å²) in [6.45, 7) is 0.166. The van der Waals surface area contributed by atoms with Crippen LogP contribution in [0.15, 0.2) is 59.0 Å². The first kappa shape index (κ1) is 17.0. The number of hydrogen-bond donors (Lipinski definition) is 1. The van der Waals surface area contributed by atoms with E-state index in [4.69, 9.17) is 4.52 Å². The van der Waals surface area contributed by atoms with Crippen LogP contribution in [0.4, 0.5) is 0 Å². The van der Waals surface area contributed by atoms with Gasteiger partial charge in [0.2, 0.25) is 5.89 Å². The summed E-state index contributed by atoms with van der Waals surface area (Å²) >= 11 is 1.63. The third-order valence-electron chi connectivity index (χ3n) is 3.68. The number of pyridine rings is 1. The van der Waals surface area contributed by atoms with Gasteiger partial charge in [0.05, 0.1) is 18.5 Å². The molecule has 9 heteroatoms. The molecule has 0 spiro atoms. The molecule has 27 heavy (non-hydrogen) atoms. The van der Waals surface area contributed by atoms with Gasteiger partial charge in [-0.15, -0.1) is 11.3 Å². The third-order valence-corrected chi connectivity index (χ3v) is 4.55. The molecule has 0 unspecified atom stereocenters. The lowest BCUT2D eigenvalue weighted by atomic mass is 10.2. The number of thiophene rings is 1. The van der Waals surface area contributed by atoms with Crippen molar-refractivity contribution in [1.82, 2.24) is 30.4 Å². The van der Waals surface area contributed by atoms with Crippen molar-refractivity contribution in [2.75, 3.05) is 0 Å². The third kappa shape index (κ3) is 4.21. The first-order chi connectivity index (χ1) is 13.3. The average Bonchev–Trinajstić information content (AvgIpc) is 3.39. The molecule has 4 aromatic rings. The normalized spacial score (nSPS) is 10.7. The van der Waals surface area contributed by atoms with Crippen molar-refractivity contribution in [3.63, 3.8) is 0 Å². The van der Waals surface area contributed by atoms with Crippen molar-refractivity contribution in [1.29, 1.82) is 0 Å². The lowest BCUT2D eigenvalue weighted by Crippen LogP contribution is -2.23. The number of carbonyl (C=O) groups is 1. The van der Waals surface area contributed by atoms with Crippen LogP contribution in [0.25, 0.3) is 11.4 Å². The van der Waals surface area contributed by atoms with Gasteiger partial charge in [0.1, 0.15) is 0 Å². The molecule has 4 heterocycles. The van der Waals surface area contributed by atoms with E-state index in [1.165, 1.54) is 12.4 Å². The second-order valence-corrected chi connectivity index (χ2v) is 6.61. The predicted molar refractivity (Wildman–Crippen MR) is 97.9 cm³/mol. The summed E-state index contributed by atoms with van der Waals surface area (Å²) in [5, 5.41) is 8.61. The molecule has 0 aliphatic carbocycles. The average molecular weight is 378 g/mol. The van der Waals surface area contributed by atoms with Crippen molar-refractivity contribution in [2.45, 2.75) is 13.0 Å². The Morgan fingerprint density at radius 3 is 2.70 bits per heavy atom. The molecule has 0 aromatic carbocycles. The molecule has 4 aromatic heterocycles. The minimum atomic E-state index is -0.305. The topological polar surface area (TPSA) is 107 Å². The second-order valence-electron chi connectivity index (χ2n) is 5.57. The van der Waals surface area contributed by atoms with E-state index in [0.29, 0.717) is 29.5 Å². The molecule has 1 N–H and O–H groups in total. The first-order valence-corrected chi connectivity index (χ1v) is 9.00. The lowest BCUT2D eigenvalue weighted by molar-refractivity contribution is 0.0949. The maximum absolute atomic E-state index is 12.2. The van der Waals surface area contributed by atoms with Crippen molar-refractivity contribution >= 4 is 17.2 Å². The number of hydrogen-bond acceptors (Lipinski definition) is 8. The standard InChI is InChI=1S/C18H14N6O2S/c25-18(13-9-20-17(21-10-13)12-3-5-19-6-4-12)22-11-15-23-16(26-24-15)8-14-2-1-7-27-14/h1-7,9-10H,8,11H2,(H,22,25). The zero-order valence-corrected chi connectivity index (χ0v) is 14.9. The molecule has 134 valence electrons. The van der Waals surface area contributed by atoms with Crippen molar-refractivity contribution in [3.05, 3.63) is 76.6 Å². The minimum absolute atomic E-state index is 0.166. The van der Waals surface area contributed by atoms with E-state index >= 15 is 0 Å². The Kier molecular flexibility index (Phi) is 4.93. The minimum Gasteiger partial charge on any atom is -0.345 e. The van der Waals surface area contributed by atoms with Gasteiger partial charge >= 0.3 is 0 Å². The Labute approximate surface area is 158 Å². The Balaban J connectivity index is 1.35. The molecule has 0 atom stereocenters. The fourth-order valence-corrected chi connectivity index (χ4v) is 3.05. The highest BCUT2D eigenvalue weighted by Crippen LogP contribution is 2.14. The number of aromatic nitrogens is 5. The SMILES string of the molecule is O=C(NCc1noc(Cc2cccs2)n1)c1cnc(-c2ccncc2)nc1. The lowest BCUT2D eigenvalue weighted by Gasteiger charge is -2.03. The quantitative estimate of drug-likeness (QED) is 0.549. The first-order valence-electron chi connectivity index (χ1n) is 8.12. The summed E-state index contributed by atoms with van der Waals surface area (Å²) in [5.74, 6) is 1.17. The second kappa shape index (κ2) is 7.83. The summed E-state index contributed by atoms with van der Waals surface area (Å²) in [6.07, 6.45) is 6.88. The van der Waals surface area contributed by atoms with Crippen LogP contribution < -0.4 is 5.32 Å². The molecule has 0 aliphatic heterocycles. The highest BCUT2D eigenvalue weighted by atomic mass is 32.1. The van der Waals surface area contributed by atoms with Gasteiger partial charge < -0.3 is 9.84 Å². The maximum Gasteiger partial charge on any atom is 0.254 e. The van der Waals surface area contributed by atoms with Crippen LogP contribution in [0, 0.1) is 0 Å². The Morgan fingerprint density at radius 2 is 1.96 bits per heavy atom. The van der Waals surface area contributed by atoms with Crippen LogP contribution in [0.2, 0.25) is 0 Å². The van der Waals surface area contributed by atoms with Crippen LogP contribution in [0.5, 0.6) is 0 Å². The highest BCUT2D eigenvalue weighted by Gasteiger charge is 2.11. The van der Waals surface area contributed by atoms with Gasteiger partial charge in [-0.25, -0.2) is 9.97 Å². The van der Waals surface area contributed by atoms with Crippen LogP contribution in [0.1, 0.15) is 27.0 Å². The zero-order chi connectivity index (χ0) is 18.5. The summed E-state index contributed by atoms with van der Waals surface area (Å²) in [5.41, 5.74) is 1.19. The van der Waals surface area contributed by atoms with E-state index in [-0.39, 0.29) is 12.5 Å². The van der Waals surface area contributed by atoms with Crippen molar-refractivity contribution in [2.24, 2.45) is 0 Å². The van der Waals surface area contributed by atoms with Crippen molar-refractivity contribution in [3.8, 4) is 11.4 Å². The predicted octanol–water partition coefficient (Wildman–Crippen LogP) is 2.50. The zero-order valence-electron chi connectivity index (χ0n) is 14.1. The van der Waals surface area contributed by atoms with Gasteiger partial charge in [-0.05, 0) is 23.6 Å². The highest BCUT2D eigenvalue weighted by molar-refractivity contribution is 7.09. The molecule has 1 amide bonds. The molecular weight excluding hydrogens is 364 g/mol. The Hall–Kier alpha value is -3.46. The maximum atomic E-state index is 12.2. The molecule has 0 fully saturated rings. The Morgan fingerprint density at radius 1 is 1.15 bits per heavy atom. The fourth-order valence-electron chi connectivity index (χ4n) is 2.35. The van der Waals surface area contributed by atoms with Gasteiger partial charge in [-0.3, -0.25) is 9.78 Å².